The zero-order chi connectivity index (χ0) is 24.2. The molecule has 0 bridgehead atoms. The Morgan fingerprint density at radius 1 is 1.19 bits per heavy atom. The molecule has 2 aromatic rings. The van der Waals surface area contributed by atoms with Gasteiger partial charge in [-0.2, -0.15) is 18.4 Å². The third-order valence-electron chi connectivity index (χ3n) is 4.11. The summed E-state index contributed by atoms with van der Waals surface area (Å²) in [6.07, 6.45) is -7.27. The lowest BCUT2D eigenvalue weighted by atomic mass is 10.0. The van der Waals surface area contributed by atoms with Crippen molar-refractivity contribution >= 4 is 17.4 Å². The number of nitrogens with one attached hydrogen (secondary N) is 1. The van der Waals surface area contributed by atoms with Crippen LogP contribution < -0.4 is 10.1 Å². The normalized spacial score (nSPS) is 12.9. The molecule has 0 saturated carbocycles. The van der Waals surface area contributed by atoms with Crippen LogP contribution in [0.4, 0.5) is 27.6 Å². The number of alkyl halides is 3. The Morgan fingerprint density at radius 3 is 2.38 bits per heavy atom. The van der Waals surface area contributed by atoms with E-state index in [-0.39, 0.29) is 5.56 Å². The highest BCUT2D eigenvalue weighted by Gasteiger charge is 2.39. The average Bonchev–Trinajstić information content (AvgIpc) is 2.69. The van der Waals surface area contributed by atoms with Crippen molar-refractivity contribution in [2.75, 3.05) is 5.32 Å². The first-order chi connectivity index (χ1) is 14.8. The summed E-state index contributed by atoms with van der Waals surface area (Å²) in [5.74, 6) is -5.76. The standard InChI is InChI=1S/C21H15F5N2O4/c1-10(29)15(9-27)20(31)28-17-8-18(32-11(2)21(24,25)26)14(7-16(17)23)19(30)12-4-3-5-13(22)6-12/h3-8,11,29H,1-2H3,(H,28,31)/b15-10-/t11-/m0/s1. The SMILES string of the molecule is C/C(O)=C(\C#N)C(=O)Nc1cc(O[C@@H](C)C(F)(F)F)c(C(=O)c2cccc(F)c2)cc1F. The van der Waals surface area contributed by atoms with Gasteiger partial charge in [-0.3, -0.25) is 9.59 Å². The average molecular weight is 454 g/mol. The number of nitrogens with zero attached hydrogens (tertiary/aromatic N) is 1. The van der Waals surface area contributed by atoms with Crippen molar-refractivity contribution in [2.45, 2.75) is 26.1 Å². The van der Waals surface area contributed by atoms with Gasteiger partial charge >= 0.3 is 6.18 Å². The number of benzene rings is 2. The Hall–Kier alpha value is -3.94. The molecule has 0 saturated heterocycles. The molecule has 2 aromatic carbocycles. The van der Waals surface area contributed by atoms with Gasteiger partial charge in [-0.05, 0) is 32.0 Å². The third kappa shape index (κ3) is 5.60. The highest BCUT2D eigenvalue weighted by atomic mass is 19.4. The van der Waals surface area contributed by atoms with Crippen molar-refractivity contribution in [3.8, 4) is 11.8 Å². The molecule has 0 aliphatic rings. The predicted octanol–water partition coefficient (Wildman–Crippen LogP) is 4.82. The lowest BCUT2D eigenvalue weighted by Gasteiger charge is -2.20. The van der Waals surface area contributed by atoms with Gasteiger partial charge in [0.2, 0.25) is 0 Å². The number of hydrogen-bond donors (Lipinski definition) is 2. The number of aliphatic hydroxyl groups excluding tert-OH is 1. The maximum absolute atomic E-state index is 14.6. The fourth-order valence-electron chi connectivity index (χ4n) is 2.45. The summed E-state index contributed by atoms with van der Waals surface area (Å²) in [5.41, 5.74) is -2.42. The van der Waals surface area contributed by atoms with Crippen molar-refractivity contribution in [3.63, 3.8) is 0 Å². The largest absolute Gasteiger partial charge is 0.511 e. The number of halogens is 5. The number of anilines is 1. The first kappa shape index (κ1) is 24.3. The molecule has 32 heavy (non-hydrogen) atoms. The highest BCUT2D eigenvalue weighted by Crippen LogP contribution is 2.33. The summed E-state index contributed by atoms with van der Waals surface area (Å²) >= 11 is 0. The lowest BCUT2D eigenvalue weighted by molar-refractivity contribution is -0.189. The summed E-state index contributed by atoms with van der Waals surface area (Å²) in [7, 11) is 0. The number of ketones is 1. The zero-order valence-electron chi connectivity index (χ0n) is 16.6. The second-order valence-corrected chi connectivity index (χ2v) is 6.50. The molecule has 1 atom stereocenters. The minimum Gasteiger partial charge on any atom is -0.511 e. The fraction of sp³-hybridized carbons (Fsp3) is 0.190. The van der Waals surface area contributed by atoms with Crippen LogP contribution in [0.15, 0.2) is 47.7 Å². The van der Waals surface area contributed by atoms with Crippen LogP contribution in [0.2, 0.25) is 0 Å². The van der Waals surface area contributed by atoms with Gasteiger partial charge in [0.1, 0.15) is 29.2 Å². The van der Waals surface area contributed by atoms with Gasteiger partial charge in [0, 0.05) is 11.6 Å². The van der Waals surface area contributed by atoms with E-state index in [9.17, 15) is 36.6 Å². The van der Waals surface area contributed by atoms with E-state index in [2.05, 4.69) is 0 Å². The van der Waals surface area contributed by atoms with Gasteiger partial charge in [-0.1, -0.05) is 12.1 Å². The fourth-order valence-corrected chi connectivity index (χ4v) is 2.45. The number of amides is 1. The molecule has 0 aromatic heterocycles. The molecule has 1 amide bonds. The smallest absolute Gasteiger partial charge is 0.425 e. The van der Waals surface area contributed by atoms with Gasteiger partial charge < -0.3 is 15.2 Å². The number of allylic oxidation sites excluding steroid dienone is 1. The summed E-state index contributed by atoms with van der Waals surface area (Å²) < 4.78 is 71.9. The van der Waals surface area contributed by atoms with Gasteiger partial charge in [-0.25, -0.2) is 8.78 Å². The Labute approximate surface area is 178 Å². The van der Waals surface area contributed by atoms with Gasteiger partial charge in [0.15, 0.2) is 17.5 Å². The Kier molecular flexibility index (Phi) is 7.20. The van der Waals surface area contributed by atoms with Crippen LogP contribution in [0.3, 0.4) is 0 Å². The molecule has 6 nitrogen and oxygen atoms in total. The molecule has 0 aliphatic carbocycles. The molecule has 0 aliphatic heterocycles. The van der Waals surface area contributed by atoms with Gasteiger partial charge in [0.05, 0.1) is 11.3 Å². The van der Waals surface area contributed by atoms with Crippen LogP contribution in [0.25, 0.3) is 0 Å². The topological polar surface area (TPSA) is 99.4 Å². The van der Waals surface area contributed by atoms with E-state index in [1.807, 2.05) is 5.32 Å². The van der Waals surface area contributed by atoms with Crippen LogP contribution in [0.1, 0.15) is 29.8 Å². The van der Waals surface area contributed by atoms with Crippen molar-refractivity contribution in [2.24, 2.45) is 0 Å². The Balaban J connectivity index is 2.58. The van der Waals surface area contributed by atoms with E-state index in [0.717, 1.165) is 19.1 Å². The predicted molar refractivity (Wildman–Crippen MR) is 102 cm³/mol. The third-order valence-corrected chi connectivity index (χ3v) is 4.11. The van der Waals surface area contributed by atoms with Gasteiger partial charge in [0.25, 0.3) is 5.91 Å². The van der Waals surface area contributed by atoms with Crippen LogP contribution in [-0.2, 0) is 4.79 Å². The van der Waals surface area contributed by atoms with E-state index >= 15 is 0 Å². The minimum atomic E-state index is -4.85. The number of carbonyl (C=O) groups excluding carboxylic acids is 2. The van der Waals surface area contributed by atoms with Crippen molar-refractivity contribution in [1.82, 2.24) is 0 Å². The lowest BCUT2D eigenvalue weighted by Crippen LogP contribution is -2.31. The molecule has 0 heterocycles. The second-order valence-electron chi connectivity index (χ2n) is 6.50. The first-order valence-corrected chi connectivity index (χ1v) is 8.83. The van der Waals surface area contributed by atoms with E-state index in [0.29, 0.717) is 19.1 Å². The number of nitriles is 1. The quantitative estimate of drug-likeness (QED) is 0.214. The van der Waals surface area contributed by atoms with Crippen molar-refractivity contribution < 1.29 is 41.4 Å². The Bertz CT molecular complexity index is 1130. The highest BCUT2D eigenvalue weighted by molar-refractivity contribution is 6.12. The molecule has 0 spiro atoms. The van der Waals surface area contributed by atoms with E-state index in [1.165, 1.54) is 18.2 Å². The second kappa shape index (κ2) is 9.47. The number of hydrogen-bond acceptors (Lipinski definition) is 5. The summed E-state index contributed by atoms with van der Waals surface area (Å²) in [5, 5.41) is 20.2. The number of carbonyl (C=O) groups is 2. The molecule has 0 fully saturated rings. The van der Waals surface area contributed by atoms with E-state index in [1.54, 1.807) is 0 Å². The van der Waals surface area contributed by atoms with Gasteiger partial charge in [-0.15, -0.1) is 0 Å². The summed E-state index contributed by atoms with van der Waals surface area (Å²) in [6, 6.07) is 6.72. The monoisotopic (exact) mass is 454 g/mol. The molecule has 0 unspecified atom stereocenters. The number of aliphatic hydroxyl groups is 1. The van der Waals surface area contributed by atoms with Crippen molar-refractivity contribution in [1.29, 1.82) is 5.26 Å². The van der Waals surface area contributed by atoms with Crippen molar-refractivity contribution in [3.05, 3.63) is 70.5 Å². The first-order valence-electron chi connectivity index (χ1n) is 8.83. The van der Waals surface area contributed by atoms with Crippen LogP contribution >= 0.6 is 0 Å². The maximum atomic E-state index is 14.6. The summed E-state index contributed by atoms with van der Waals surface area (Å²) in [6.45, 7) is 1.67. The van der Waals surface area contributed by atoms with Crippen LogP contribution in [-0.4, -0.2) is 29.1 Å². The van der Waals surface area contributed by atoms with E-state index < -0.39 is 63.9 Å². The zero-order valence-corrected chi connectivity index (χ0v) is 16.6. The molecule has 2 rings (SSSR count). The maximum Gasteiger partial charge on any atom is 0.425 e. The number of rotatable bonds is 6. The minimum absolute atomic E-state index is 0.281. The summed E-state index contributed by atoms with van der Waals surface area (Å²) in [4.78, 5) is 24.8. The molecule has 2 N–H and O–H groups in total. The molecular formula is C21H15F5N2O4. The van der Waals surface area contributed by atoms with Crippen LogP contribution in [0, 0.1) is 23.0 Å². The van der Waals surface area contributed by atoms with E-state index in [4.69, 9.17) is 10.00 Å². The Morgan fingerprint density at radius 2 is 1.84 bits per heavy atom. The molecular weight excluding hydrogens is 439 g/mol. The van der Waals surface area contributed by atoms with Crippen LogP contribution in [0.5, 0.6) is 5.75 Å². The molecule has 11 heteroatoms. The number of ether oxygens (including phenoxy) is 1. The molecule has 0 radical (unpaired) electrons. The molecule has 168 valence electrons.